The number of rotatable bonds is 8. The van der Waals surface area contributed by atoms with E-state index in [1.807, 2.05) is 25.9 Å². The van der Waals surface area contributed by atoms with Crippen LogP contribution in [0.3, 0.4) is 0 Å². The molecule has 0 radical (unpaired) electrons. The lowest BCUT2D eigenvalue weighted by molar-refractivity contribution is 0.0599. The summed E-state index contributed by atoms with van der Waals surface area (Å²) < 4.78 is 19.0. The number of hydrogen-bond donors (Lipinski definition) is 1. The quantitative estimate of drug-likeness (QED) is 0.705. The number of carbonyl (C=O) groups is 2. The number of nitrogens with zero attached hydrogens (tertiary/aromatic N) is 2. The molecule has 2 rings (SSSR count). The van der Waals surface area contributed by atoms with E-state index in [0.717, 1.165) is 0 Å². The van der Waals surface area contributed by atoms with Gasteiger partial charge in [-0.3, -0.25) is 4.79 Å². The molecule has 0 bridgehead atoms. The van der Waals surface area contributed by atoms with Crippen LogP contribution in [0.4, 0.5) is 4.39 Å². The third-order valence-electron chi connectivity index (χ3n) is 4.71. The maximum absolute atomic E-state index is 14.2. The summed E-state index contributed by atoms with van der Waals surface area (Å²) in [6.07, 6.45) is 0.559. The SMILES string of the molecule is CCc1[nH]c(C(=O)N(CCN(C)C)Cc2ccccc2F)c(C)c1C(=O)OC. The molecule has 7 heteroatoms. The van der Waals surface area contributed by atoms with Crippen LogP contribution in [-0.2, 0) is 17.7 Å². The van der Waals surface area contributed by atoms with E-state index in [1.165, 1.54) is 13.2 Å². The molecule has 28 heavy (non-hydrogen) atoms. The van der Waals surface area contributed by atoms with Crippen molar-refractivity contribution >= 4 is 11.9 Å². The highest BCUT2D eigenvalue weighted by molar-refractivity contribution is 6.00. The van der Waals surface area contributed by atoms with E-state index in [-0.39, 0.29) is 18.3 Å². The minimum atomic E-state index is -0.474. The van der Waals surface area contributed by atoms with Crippen molar-refractivity contribution in [3.63, 3.8) is 0 Å². The highest BCUT2D eigenvalue weighted by Crippen LogP contribution is 2.22. The molecule has 0 saturated heterocycles. The van der Waals surface area contributed by atoms with Crippen LogP contribution < -0.4 is 0 Å². The number of H-pyrrole nitrogens is 1. The molecule has 0 unspecified atom stereocenters. The average molecular weight is 389 g/mol. The topological polar surface area (TPSA) is 65.6 Å². The lowest BCUT2D eigenvalue weighted by Crippen LogP contribution is -2.37. The maximum atomic E-state index is 14.2. The number of nitrogens with one attached hydrogen (secondary N) is 1. The van der Waals surface area contributed by atoms with Crippen LogP contribution in [-0.4, -0.2) is 61.0 Å². The van der Waals surface area contributed by atoms with E-state index in [2.05, 4.69) is 4.98 Å². The fourth-order valence-corrected chi connectivity index (χ4v) is 3.08. The molecule has 0 aliphatic rings. The molecule has 0 fully saturated rings. The highest BCUT2D eigenvalue weighted by atomic mass is 19.1. The van der Waals surface area contributed by atoms with E-state index < -0.39 is 5.97 Å². The number of esters is 1. The zero-order chi connectivity index (χ0) is 20.8. The van der Waals surface area contributed by atoms with Crippen molar-refractivity contribution in [3.8, 4) is 0 Å². The molecule has 0 atom stereocenters. The number of methoxy groups -OCH3 is 1. The van der Waals surface area contributed by atoms with Crippen LogP contribution in [0.2, 0.25) is 0 Å². The zero-order valence-corrected chi connectivity index (χ0v) is 17.1. The Hall–Kier alpha value is -2.67. The Balaban J connectivity index is 2.40. The van der Waals surface area contributed by atoms with E-state index in [9.17, 15) is 14.0 Å². The summed E-state index contributed by atoms with van der Waals surface area (Å²) in [4.78, 5) is 32.1. The van der Waals surface area contributed by atoms with Gasteiger partial charge in [-0.15, -0.1) is 0 Å². The van der Waals surface area contributed by atoms with Gasteiger partial charge in [-0.2, -0.15) is 0 Å². The van der Waals surface area contributed by atoms with Gasteiger partial charge in [-0.05, 0) is 39.1 Å². The second-order valence-corrected chi connectivity index (χ2v) is 6.95. The Bertz CT molecular complexity index is 845. The molecule has 1 amide bonds. The van der Waals surface area contributed by atoms with E-state index in [0.29, 0.717) is 47.6 Å². The first-order chi connectivity index (χ1) is 13.3. The van der Waals surface area contributed by atoms with Gasteiger partial charge in [-0.1, -0.05) is 25.1 Å². The first-order valence-electron chi connectivity index (χ1n) is 9.27. The van der Waals surface area contributed by atoms with Crippen molar-refractivity contribution in [2.75, 3.05) is 34.3 Å². The van der Waals surface area contributed by atoms with Crippen molar-refractivity contribution in [3.05, 3.63) is 58.2 Å². The minimum absolute atomic E-state index is 0.146. The molecular weight excluding hydrogens is 361 g/mol. The molecule has 0 saturated carbocycles. The third-order valence-corrected chi connectivity index (χ3v) is 4.71. The Labute approximate surface area is 165 Å². The first kappa shape index (κ1) is 21.6. The number of aromatic nitrogens is 1. The molecule has 0 aliphatic carbocycles. The summed E-state index contributed by atoms with van der Waals surface area (Å²) in [5, 5.41) is 0. The van der Waals surface area contributed by atoms with E-state index in [4.69, 9.17) is 4.74 Å². The Morgan fingerprint density at radius 2 is 1.86 bits per heavy atom. The van der Waals surface area contributed by atoms with E-state index in [1.54, 1.807) is 30.0 Å². The van der Waals surface area contributed by atoms with Gasteiger partial charge in [0.1, 0.15) is 11.5 Å². The summed E-state index contributed by atoms with van der Waals surface area (Å²) in [6, 6.07) is 6.42. The number of amides is 1. The lowest BCUT2D eigenvalue weighted by atomic mass is 10.1. The number of hydrogen-bond acceptors (Lipinski definition) is 4. The smallest absolute Gasteiger partial charge is 0.339 e. The minimum Gasteiger partial charge on any atom is -0.465 e. The summed E-state index contributed by atoms with van der Waals surface area (Å²) in [5.74, 6) is -1.09. The normalized spacial score (nSPS) is 11.0. The molecule has 1 N–H and O–H groups in total. The second-order valence-electron chi connectivity index (χ2n) is 6.95. The first-order valence-corrected chi connectivity index (χ1v) is 9.27. The van der Waals surface area contributed by atoms with Gasteiger partial charge in [0.15, 0.2) is 0 Å². The number of aromatic amines is 1. The van der Waals surface area contributed by atoms with Crippen molar-refractivity contribution in [2.24, 2.45) is 0 Å². The number of carbonyl (C=O) groups excluding carboxylic acids is 2. The molecule has 2 aromatic rings. The van der Waals surface area contributed by atoms with Crippen molar-refractivity contribution < 1.29 is 18.7 Å². The summed E-state index contributed by atoms with van der Waals surface area (Å²) in [7, 11) is 5.14. The van der Waals surface area contributed by atoms with Crippen LogP contribution in [0.25, 0.3) is 0 Å². The monoisotopic (exact) mass is 389 g/mol. The van der Waals surface area contributed by atoms with Gasteiger partial charge < -0.3 is 19.5 Å². The number of aryl methyl sites for hydroxylation is 1. The van der Waals surface area contributed by atoms with Crippen LogP contribution in [0.1, 0.15) is 44.6 Å². The standard InChI is InChI=1S/C21H28FN3O3/c1-6-17-18(21(27)28-5)14(2)19(23-17)20(26)25(12-11-24(3)4)13-15-9-7-8-10-16(15)22/h7-10,23H,6,11-13H2,1-5H3. The Morgan fingerprint density at radius 1 is 1.18 bits per heavy atom. The number of benzene rings is 1. The summed E-state index contributed by atoms with van der Waals surface area (Å²) in [6.45, 7) is 4.82. The molecule has 0 aliphatic heterocycles. The fraction of sp³-hybridized carbons (Fsp3) is 0.429. The highest BCUT2D eigenvalue weighted by Gasteiger charge is 2.27. The number of ether oxygens (including phenoxy) is 1. The Morgan fingerprint density at radius 3 is 2.43 bits per heavy atom. The van der Waals surface area contributed by atoms with E-state index >= 15 is 0 Å². The van der Waals surface area contributed by atoms with Crippen LogP contribution in [0, 0.1) is 12.7 Å². The van der Waals surface area contributed by atoms with Gasteiger partial charge in [0, 0.05) is 30.9 Å². The summed E-state index contributed by atoms with van der Waals surface area (Å²) in [5.41, 5.74) is 2.39. The number of halogens is 1. The molecule has 6 nitrogen and oxygen atoms in total. The average Bonchev–Trinajstić information content (AvgIpc) is 3.01. The van der Waals surface area contributed by atoms with Gasteiger partial charge in [0.25, 0.3) is 5.91 Å². The molecule has 1 aromatic carbocycles. The van der Waals surface area contributed by atoms with Crippen LogP contribution >= 0.6 is 0 Å². The van der Waals surface area contributed by atoms with Crippen molar-refractivity contribution in [2.45, 2.75) is 26.8 Å². The second kappa shape index (κ2) is 9.50. The van der Waals surface area contributed by atoms with Crippen LogP contribution in [0.15, 0.2) is 24.3 Å². The van der Waals surface area contributed by atoms with Gasteiger partial charge in [0.05, 0.1) is 12.7 Å². The maximum Gasteiger partial charge on any atom is 0.339 e. The van der Waals surface area contributed by atoms with Gasteiger partial charge in [0.2, 0.25) is 0 Å². The lowest BCUT2D eigenvalue weighted by Gasteiger charge is -2.24. The Kier molecular flexibility index (Phi) is 7.34. The molecule has 1 aromatic heterocycles. The predicted octanol–water partition coefficient (Wildman–Crippen LogP) is 3.02. The third kappa shape index (κ3) is 4.78. The predicted molar refractivity (Wildman–Crippen MR) is 106 cm³/mol. The summed E-state index contributed by atoms with van der Waals surface area (Å²) >= 11 is 0. The van der Waals surface area contributed by atoms with Crippen molar-refractivity contribution in [1.29, 1.82) is 0 Å². The van der Waals surface area contributed by atoms with Gasteiger partial charge >= 0.3 is 5.97 Å². The van der Waals surface area contributed by atoms with Crippen LogP contribution in [0.5, 0.6) is 0 Å². The molecule has 1 heterocycles. The molecule has 152 valence electrons. The molecule has 0 spiro atoms. The van der Waals surface area contributed by atoms with Crippen molar-refractivity contribution in [1.82, 2.24) is 14.8 Å². The largest absolute Gasteiger partial charge is 0.465 e. The fourth-order valence-electron chi connectivity index (χ4n) is 3.08. The number of likely N-dealkylation sites (N-methyl/N-ethyl adjacent to an activating group) is 1. The van der Waals surface area contributed by atoms with Gasteiger partial charge in [-0.25, -0.2) is 9.18 Å². The zero-order valence-electron chi connectivity index (χ0n) is 17.1. The molecular formula is C21H28FN3O3.